The average molecular weight is 290 g/mol. The summed E-state index contributed by atoms with van der Waals surface area (Å²) in [4.78, 5) is 5.60. The first-order chi connectivity index (χ1) is 9.44. The van der Waals surface area contributed by atoms with Gasteiger partial charge in [0.25, 0.3) is 0 Å². The minimum atomic E-state index is 0.0793. The summed E-state index contributed by atoms with van der Waals surface area (Å²) < 4.78 is 5.96. The minimum absolute atomic E-state index is 0.0793. The van der Waals surface area contributed by atoms with Gasteiger partial charge in [0.2, 0.25) is 0 Å². The molecular formula is C16H22N2OS. The van der Waals surface area contributed by atoms with Crippen molar-refractivity contribution in [2.24, 2.45) is 0 Å². The fourth-order valence-electron chi connectivity index (χ4n) is 1.73. The van der Waals surface area contributed by atoms with Crippen LogP contribution < -0.4 is 10.1 Å². The van der Waals surface area contributed by atoms with Crippen molar-refractivity contribution in [1.29, 1.82) is 0 Å². The summed E-state index contributed by atoms with van der Waals surface area (Å²) in [6.07, 6.45) is 1.90. The van der Waals surface area contributed by atoms with Crippen LogP contribution in [0.4, 0.5) is 0 Å². The molecule has 20 heavy (non-hydrogen) atoms. The molecule has 1 N–H and O–H groups in total. The van der Waals surface area contributed by atoms with Crippen LogP contribution >= 0.6 is 11.3 Å². The molecule has 2 heterocycles. The fourth-order valence-corrected chi connectivity index (χ4v) is 2.35. The molecule has 0 bridgehead atoms. The molecule has 0 aliphatic heterocycles. The Balaban J connectivity index is 2.07. The summed E-state index contributed by atoms with van der Waals surface area (Å²) >= 11 is 1.71. The number of rotatable bonds is 5. The lowest BCUT2D eigenvalue weighted by atomic mass is 10.1. The maximum atomic E-state index is 5.96. The van der Waals surface area contributed by atoms with Gasteiger partial charge in [-0.1, -0.05) is 6.07 Å². The lowest BCUT2D eigenvalue weighted by molar-refractivity contribution is 0.303. The van der Waals surface area contributed by atoms with Crippen molar-refractivity contribution in [3.8, 4) is 5.75 Å². The Labute approximate surface area is 125 Å². The van der Waals surface area contributed by atoms with Crippen molar-refractivity contribution >= 4 is 11.3 Å². The third kappa shape index (κ3) is 4.62. The van der Waals surface area contributed by atoms with Crippen molar-refractivity contribution in [3.63, 3.8) is 0 Å². The molecule has 2 aromatic heterocycles. The molecule has 0 radical (unpaired) electrons. The molecule has 0 atom stereocenters. The fraction of sp³-hybridized carbons (Fsp3) is 0.438. The maximum Gasteiger partial charge on any atom is 0.127 e. The Bertz CT molecular complexity index is 544. The summed E-state index contributed by atoms with van der Waals surface area (Å²) in [6.45, 7) is 9.82. The first-order valence-electron chi connectivity index (χ1n) is 6.80. The van der Waals surface area contributed by atoms with Crippen LogP contribution in [0.25, 0.3) is 0 Å². The van der Waals surface area contributed by atoms with E-state index < -0.39 is 0 Å². The highest BCUT2D eigenvalue weighted by atomic mass is 32.1. The molecule has 2 rings (SSSR count). The molecule has 0 saturated carbocycles. The van der Waals surface area contributed by atoms with Gasteiger partial charge in [-0.3, -0.25) is 4.98 Å². The summed E-state index contributed by atoms with van der Waals surface area (Å²) in [5, 5.41) is 5.54. The number of thiophene rings is 1. The molecule has 0 fully saturated rings. The van der Waals surface area contributed by atoms with E-state index in [-0.39, 0.29) is 5.54 Å². The van der Waals surface area contributed by atoms with E-state index in [0.29, 0.717) is 6.61 Å². The van der Waals surface area contributed by atoms with E-state index in [9.17, 15) is 0 Å². The van der Waals surface area contributed by atoms with Crippen molar-refractivity contribution in [2.75, 3.05) is 0 Å². The van der Waals surface area contributed by atoms with Crippen LogP contribution in [0, 0.1) is 6.92 Å². The van der Waals surface area contributed by atoms with Crippen LogP contribution in [-0.4, -0.2) is 10.5 Å². The standard InChI is InChI=1S/C16H22N2OS/c1-12-8-15(19-11-14-6-5-7-20-14)13(9-17-12)10-18-16(2,3)4/h5-9,18H,10-11H2,1-4H3. The van der Waals surface area contributed by atoms with E-state index in [4.69, 9.17) is 4.74 Å². The highest BCUT2D eigenvalue weighted by molar-refractivity contribution is 7.09. The van der Waals surface area contributed by atoms with E-state index in [1.165, 1.54) is 4.88 Å². The van der Waals surface area contributed by atoms with Gasteiger partial charge >= 0.3 is 0 Å². The molecule has 0 saturated heterocycles. The normalized spacial score (nSPS) is 11.6. The van der Waals surface area contributed by atoms with Gasteiger partial charge in [-0.25, -0.2) is 0 Å². The third-order valence-electron chi connectivity index (χ3n) is 2.84. The number of ether oxygens (including phenoxy) is 1. The van der Waals surface area contributed by atoms with E-state index in [1.54, 1.807) is 11.3 Å². The van der Waals surface area contributed by atoms with Gasteiger partial charge in [0.15, 0.2) is 0 Å². The molecule has 0 aliphatic rings. The Kier molecular flexibility index (Phi) is 4.78. The quantitative estimate of drug-likeness (QED) is 0.906. The molecule has 0 aliphatic carbocycles. The van der Waals surface area contributed by atoms with Gasteiger partial charge in [0.1, 0.15) is 12.4 Å². The highest BCUT2D eigenvalue weighted by Crippen LogP contribution is 2.21. The van der Waals surface area contributed by atoms with Crippen LogP contribution in [0.1, 0.15) is 36.9 Å². The summed E-state index contributed by atoms with van der Waals surface area (Å²) in [7, 11) is 0. The zero-order valence-corrected chi connectivity index (χ0v) is 13.4. The number of hydrogen-bond acceptors (Lipinski definition) is 4. The van der Waals surface area contributed by atoms with Crippen LogP contribution in [0.2, 0.25) is 0 Å². The zero-order valence-electron chi connectivity index (χ0n) is 12.6. The van der Waals surface area contributed by atoms with Gasteiger partial charge in [0, 0.05) is 40.5 Å². The molecule has 0 spiro atoms. The summed E-state index contributed by atoms with van der Waals surface area (Å²) in [6, 6.07) is 6.14. The SMILES string of the molecule is Cc1cc(OCc2cccs2)c(CNC(C)(C)C)cn1. The number of nitrogens with one attached hydrogen (secondary N) is 1. The smallest absolute Gasteiger partial charge is 0.127 e. The second kappa shape index (κ2) is 6.37. The van der Waals surface area contributed by atoms with Crippen molar-refractivity contribution in [3.05, 3.63) is 45.9 Å². The van der Waals surface area contributed by atoms with Crippen LogP contribution in [0.15, 0.2) is 29.8 Å². The van der Waals surface area contributed by atoms with Crippen molar-refractivity contribution < 1.29 is 4.74 Å². The first kappa shape index (κ1) is 15.0. The van der Waals surface area contributed by atoms with Gasteiger partial charge in [-0.15, -0.1) is 11.3 Å². The predicted molar refractivity (Wildman–Crippen MR) is 84.2 cm³/mol. The largest absolute Gasteiger partial charge is 0.488 e. The predicted octanol–water partition coefficient (Wildman–Crippen LogP) is 3.92. The third-order valence-corrected chi connectivity index (χ3v) is 3.69. The van der Waals surface area contributed by atoms with Crippen molar-refractivity contribution in [1.82, 2.24) is 10.3 Å². The zero-order chi connectivity index (χ0) is 14.6. The molecule has 0 aromatic carbocycles. The second-order valence-corrected chi connectivity index (χ2v) is 6.94. The Morgan fingerprint density at radius 2 is 2.15 bits per heavy atom. The Hall–Kier alpha value is -1.39. The monoisotopic (exact) mass is 290 g/mol. The highest BCUT2D eigenvalue weighted by Gasteiger charge is 2.12. The topological polar surface area (TPSA) is 34.1 Å². The van der Waals surface area contributed by atoms with E-state index in [1.807, 2.05) is 25.3 Å². The van der Waals surface area contributed by atoms with Crippen molar-refractivity contribution in [2.45, 2.75) is 46.4 Å². The second-order valence-electron chi connectivity index (χ2n) is 5.90. The van der Waals surface area contributed by atoms with Gasteiger partial charge in [-0.05, 0) is 39.1 Å². The first-order valence-corrected chi connectivity index (χ1v) is 7.68. The van der Waals surface area contributed by atoms with Crippen LogP contribution in [0.5, 0.6) is 5.75 Å². The molecule has 0 amide bonds. The van der Waals surface area contributed by atoms with Gasteiger partial charge < -0.3 is 10.1 Å². The van der Waals surface area contributed by atoms with Crippen LogP contribution in [0.3, 0.4) is 0 Å². The molecule has 2 aromatic rings. The number of aryl methyl sites for hydroxylation is 1. The lowest BCUT2D eigenvalue weighted by Gasteiger charge is -2.21. The molecule has 3 nitrogen and oxygen atoms in total. The van der Waals surface area contributed by atoms with Gasteiger partial charge in [-0.2, -0.15) is 0 Å². The molecule has 4 heteroatoms. The van der Waals surface area contributed by atoms with E-state index in [0.717, 1.165) is 23.6 Å². The number of hydrogen-bond donors (Lipinski definition) is 1. The molecular weight excluding hydrogens is 268 g/mol. The Morgan fingerprint density at radius 3 is 2.80 bits per heavy atom. The van der Waals surface area contributed by atoms with E-state index in [2.05, 4.69) is 42.5 Å². The van der Waals surface area contributed by atoms with Gasteiger partial charge in [0.05, 0.1) is 0 Å². The van der Waals surface area contributed by atoms with Crippen LogP contribution in [-0.2, 0) is 13.2 Å². The number of pyridine rings is 1. The van der Waals surface area contributed by atoms with E-state index >= 15 is 0 Å². The minimum Gasteiger partial charge on any atom is -0.488 e. The number of nitrogens with zero attached hydrogens (tertiary/aromatic N) is 1. The number of aromatic nitrogens is 1. The summed E-state index contributed by atoms with van der Waals surface area (Å²) in [5.74, 6) is 0.919. The molecule has 108 valence electrons. The average Bonchev–Trinajstić information content (AvgIpc) is 2.87. The lowest BCUT2D eigenvalue weighted by Crippen LogP contribution is -2.35. The molecule has 0 unspecified atom stereocenters. The summed E-state index contributed by atoms with van der Waals surface area (Å²) in [5.41, 5.74) is 2.16. The maximum absolute atomic E-state index is 5.96. The Morgan fingerprint density at radius 1 is 1.35 bits per heavy atom.